The molecule has 7 fully saturated rings. The first-order valence-corrected chi connectivity index (χ1v) is 37.6. The number of phenols is 1. The maximum Gasteiger partial charge on any atom is 0.261 e. The SMILES string of the molecule is Cc1cc(O)c2c(c1)C(=O)c1c(c3cc4c(nccc14)NCC(O)C14CC5(CCCC5)C5C#CCC6CCCC7CC8(CCC(=O)CC8Cc8ccc9c(c8)CCNC9N)c8nc[nH]c8C67c6cc(c([nH]6)C6=CC7(O3)OC3(C6=C1CC1(CCC6(CCCC6)C1)C3O)C(O)C(O)C7O)C54)C2=O. The van der Waals surface area contributed by atoms with Crippen LogP contribution in [0.2, 0.25) is 0 Å². The third-order valence-electron chi connectivity index (χ3n) is 30.0. The molecule has 18 nitrogen and oxygen atoms in total. The summed E-state index contributed by atoms with van der Waals surface area (Å²) in [6.45, 7) is 2.49. The molecule has 3 aromatic carbocycles. The van der Waals surface area contributed by atoms with Crippen molar-refractivity contribution in [3.05, 3.63) is 151 Å². The van der Waals surface area contributed by atoms with Crippen molar-refractivity contribution in [1.29, 1.82) is 0 Å². The van der Waals surface area contributed by atoms with Crippen molar-refractivity contribution in [1.82, 2.24) is 25.3 Å². The summed E-state index contributed by atoms with van der Waals surface area (Å²) in [5.41, 5.74) is 10.5. The summed E-state index contributed by atoms with van der Waals surface area (Å²) in [5, 5.41) is 89.6. The molecule has 0 radical (unpaired) electrons. The Labute approximate surface area is 579 Å². The van der Waals surface area contributed by atoms with Gasteiger partial charge in [-0.15, -0.1) is 5.92 Å². The van der Waals surface area contributed by atoms with Gasteiger partial charge in [-0.3, -0.25) is 19.7 Å². The lowest BCUT2D eigenvalue weighted by Crippen LogP contribution is -2.79. The Kier molecular flexibility index (Phi) is 12.6. The molecule has 17 atom stereocenters. The van der Waals surface area contributed by atoms with Gasteiger partial charge in [0.2, 0.25) is 5.78 Å². The van der Waals surface area contributed by atoms with Gasteiger partial charge in [-0.1, -0.05) is 61.8 Å². The quantitative estimate of drug-likeness (QED) is 0.0718. The van der Waals surface area contributed by atoms with Crippen molar-refractivity contribution in [2.45, 2.75) is 219 Å². The van der Waals surface area contributed by atoms with E-state index in [9.17, 15) is 35.4 Å². The molecule has 18 heteroatoms. The van der Waals surface area contributed by atoms with E-state index in [0.717, 1.165) is 130 Å². The molecule has 11 aliphatic carbocycles. The molecule has 16 aliphatic rings. The van der Waals surface area contributed by atoms with E-state index in [2.05, 4.69) is 56.7 Å². The van der Waals surface area contributed by atoms with Gasteiger partial charge in [0, 0.05) is 100 Å². The lowest BCUT2D eigenvalue weighted by molar-refractivity contribution is -0.366. The van der Waals surface area contributed by atoms with Gasteiger partial charge in [0.05, 0.1) is 52.6 Å². The molecule has 516 valence electrons. The number of Topliss-reactive ketones (excluding diaryl/α,β-unsaturated/α-hetero) is 1. The number of H-pyrrole nitrogens is 2. The van der Waals surface area contributed by atoms with Gasteiger partial charge in [-0.2, -0.15) is 0 Å². The van der Waals surface area contributed by atoms with E-state index in [1.54, 1.807) is 37.4 Å². The number of carbonyl (C=O) groups excluding carboxylic acids is 3. The molecule has 6 saturated carbocycles. The van der Waals surface area contributed by atoms with Crippen LogP contribution in [-0.4, -0.2) is 123 Å². The number of nitrogens with one attached hydrogen (secondary N) is 4. The number of hydrogen-bond acceptors (Lipinski definition) is 16. The Bertz CT molecular complexity index is 4810. The predicted octanol–water partition coefficient (Wildman–Crippen LogP) is 9.81. The van der Waals surface area contributed by atoms with E-state index in [1.165, 1.54) is 17.2 Å². The zero-order valence-electron chi connectivity index (χ0n) is 56.6. The number of ether oxygens (including phenoxy) is 2. The van der Waals surface area contributed by atoms with Crippen LogP contribution in [0, 0.1) is 64.1 Å². The van der Waals surface area contributed by atoms with Crippen molar-refractivity contribution >= 4 is 39.5 Å². The third kappa shape index (κ3) is 7.51. The smallest absolute Gasteiger partial charge is 0.261 e. The molecular weight excluding hydrogens is 1260 g/mol. The number of aryl methyl sites for hydroxylation is 1. The number of carbonyl (C=O) groups is 3. The number of ketones is 3. The minimum atomic E-state index is -2.55. The second kappa shape index (κ2) is 20.5. The van der Waals surface area contributed by atoms with Gasteiger partial charge < -0.3 is 61.1 Å². The summed E-state index contributed by atoms with van der Waals surface area (Å²) in [7, 11) is 0. The number of imidazole rings is 1. The maximum atomic E-state index is 15.7. The molecule has 100 heavy (non-hydrogen) atoms. The van der Waals surface area contributed by atoms with Crippen LogP contribution in [0.1, 0.15) is 229 Å². The third-order valence-corrected chi connectivity index (χ3v) is 30.0. The average molecular weight is 1350 g/mol. The number of benzene rings is 3. The molecule has 8 spiro atoms. The molecule has 0 amide bonds. The summed E-state index contributed by atoms with van der Waals surface area (Å²) in [4.78, 5) is 64.2. The fourth-order valence-corrected chi connectivity index (χ4v) is 26.1. The average Bonchev–Trinajstić information content (AvgIpc) is 1.40. The van der Waals surface area contributed by atoms with Crippen molar-refractivity contribution in [3.63, 3.8) is 0 Å². The molecule has 17 unspecified atom stereocenters. The zero-order chi connectivity index (χ0) is 67.7. The number of phenolic OH excluding ortho intramolecular Hbond substituents is 1. The first-order valence-electron chi connectivity index (χ1n) is 37.6. The van der Waals surface area contributed by atoms with Crippen molar-refractivity contribution in [2.24, 2.45) is 51.1 Å². The van der Waals surface area contributed by atoms with Crippen molar-refractivity contribution in [3.8, 4) is 23.3 Å². The van der Waals surface area contributed by atoms with Crippen LogP contribution >= 0.6 is 0 Å². The number of nitrogens with two attached hydrogens (primary N) is 1. The lowest BCUT2D eigenvalue weighted by atomic mass is 9.45. The number of fused-ring (bicyclic) bond motifs is 10. The second-order valence-corrected chi connectivity index (χ2v) is 34.3. The van der Waals surface area contributed by atoms with Gasteiger partial charge in [-0.25, -0.2) is 9.97 Å². The highest BCUT2D eigenvalue weighted by atomic mass is 16.7. The van der Waals surface area contributed by atoms with Crippen molar-refractivity contribution in [2.75, 3.05) is 18.4 Å². The standard InChI is InChI=1S/C82H87N7O11/c1-40-26-50-59(55(91)27-40)66(94)61-56-31-49-48(60(61)65(50)93)16-25-85-73(49)86-36-58(92)79-38-76(19-4-5-20-76)53-11-7-9-43-8-6-10-44-33-78(21-14-46(90)30-45(78)29-41-12-13-47-42(28-41)15-24-84-72(47)83)68-69(88-39-87-68)81(43,44)57-32-51(62(53)79)64(89-57)52-34-80(99-56)70(96)67(95)71(97)82(100-80)63(52)54(79)35-77(74(82)98)23-22-75(37-77)17-2-3-18-75/h12-13,16,25-28,31-32,34,39,43-45,53,58,62,67,70-72,74,84,89,91-92,95-98H,2-6,8-10,14-15,17-24,29-30,33,35-38,83H2,1H3,(H,85,86)(H,87,88). The zero-order valence-corrected chi connectivity index (χ0v) is 56.6. The number of rotatable bonds is 2. The van der Waals surface area contributed by atoms with E-state index >= 15 is 9.59 Å². The van der Waals surface area contributed by atoms with E-state index in [0.29, 0.717) is 96.8 Å². The van der Waals surface area contributed by atoms with Gasteiger partial charge in [0.15, 0.2) is 17.5 Å². The number of pyridine rings is 1. The fraction of sp³-hybridized carbons (Fsp3) is 0.549. The molecule has 5 aliphatic heterocycles. The number of anilines is 1. The van der Waals surface area contributed by atoms with Gasteiger partial charge in [-0.05, 0) is 207 Å². The van der Waals surface area contributed by atoms with Crippen LogP contribution in [0.3, 0.4) is 0 Å². The Morgan fingerprint density at radius 2 is 1.63 bits per heavy atom. The molecule has 22 rings (SSSR count). The highest BCUT2D eigenvalue weighted by molar-refractivity contribution is 6.34. The lowest BCUT2D eigenvalue weighted by Gasteiger charge is -2.64. The van der Waals surface area contributed by atoms with E-state index in [4.69, 9.17) is 25.2 Å². The maximum absolute atomic E-state index is 15.7. The Morgan fingerprint density at radius 1 is 0.800 bits per heavy atom. The summed E-state index contributed by atoms with van der Waals surface area (Å²) < 4.78 is 15.4. The predicted molar refractivity (Wildman–Crippen MR) is 369 cm³/mol. The van der Waals surface area contributed by atoms with Crippen LogP contribution in [-0.2, 0) is 33.2 Å². The molecule has 10 bridgehead atoms. The van der Waals surface area contributed by atoms with Crippen LogP contribution < -0.4 is 21.1 Å². The number of aliphatic hydroxyl groups excluding tert-OH is 5. The molecule has 1 saturated heterocycles. The van der Waals surface area contributed by atoms with Crippen LogP contribution in [0.4, 0.5) is 5.82 Å². The molecule has 3 aromatic heterocycles. The minimum Gasteiger partial charge on any atom is -0.507 e. The van der Waals surface area contributed by atoms with E-state index in [-0.39, 0.29) is 75.6 Å². The molecule has 8 heterocycles. The molecule has 6 aromatic rings. The Morgan fingerprint density at radius 3 is 2.48 bits per heavy atom. The Hall–Kier alpha value is -7.31. The second-order valence-electron chi connectivity index (χ2n) is 34.3. The topological polar surface area (TPSA) is 298 Å². The number of hydrogen-bond donors (Lipinski definition) is 11. The highest BCUT2D eigenvalue weighted by Gasteiger charge is 2.78. The van der Waals surface area contributed by atoms with Gasteiger partial charge in [0.1, 0.15) is 35.3 Å². The number of aliphatic hydroxyl groups is 5. The van der Waals surface area contributed by atoms with E-state index < -0.39 is 92.2 Å². The molecule has 12 N–H and O–H groups in total. The van der Waals surface area contributed by atoms with E-state index in [1.807, 2.05) is 6.33 Å². The van der Waals surface area contributed by atoms with Crippen LogP contribution in [0.15, 0.2) is 78.3 Å². The summed E-state index contributed by atoms with van der Waals surface area (Å²) >= 11 is 0. The van der Waals surface area contributed by atoms with Gasteiger partial charge in [0.25, 0.3) is 5.79 Å². The monoisotopic (exact) mass is 1350 g/mol. The van der Waals surface area contributed by atoms with Gasteiger partial charge >= 0.3 is 0 Å². The summed E-state index contributed by atoms with van der Waals surface area (Å²) in [6.07, 6.45) is 14.1. The number of aromatic nitrogens is 4. The summed E-state index contributed by atoms with van der Waals surface area (Å²) in [5.74, 6) is 3.55. The fourth-order valence-electron chi connectivity index (χ4n) is 26.1. The highest BCUT2D eigenvalue weighted by Crippen LogP contribution is 2.79. The number of nitrogens with zero attached hydrogens (tertiary/aromatic N) is 2. The minimum absolute atomic E-state index is 0.00517. The van der Waals surface area contributed by atoms with Crippen molar-refractivity contribution < 1.29 is 54.5 Å². The number of aromatic hydroxyl groups is 1. The van der Waals surface area contributed by atoms with Crippen LogP contribution in [0.25, 0.3) is 16.3 Å². The Balaban J connectivity index is 0.847. The summed E-state index contributed by atoms with van der Waals surface area (Å²) in [6, 6.07) is 15.4. The van der Waals surface area contributed by atoms with Crippen LogP contribution in [0.5, 0.6) is 11.5 Å². The normalized spacial score (nSPS) is 39.1. The first-order chi connectivity index (χ1) is 48.3. The number of aromatic amines is 2. The largest absolute Gasteiger partial charge is 0.507 e. The first kappa shape index (κ1) is 61.4. The molecular formula is C82H87N7O11.